The first-order chi connectivity index (χ1) is 7.66. The number of nitrogens with zero attached hydrogens (tertiary/aromatic N) is 2. The van der Waals surface area contributed by atoms with Gasteiger partial charge >= 0.3 is 0 Å². The van der Waals surface area contributed by atoms with Gasteiger partial charge in [0.15, 0.2) is 0 Å². The fourth-order valence-corrected chi connectivity index (χ4v) is 1.69. The molecule has 16 heavy (non-hydrogen) atoms. The van der Waals surface area contributed by atoms with Crippen LogP contribution in [-0.4, -0.2) is 15.2 Å². The molecule has 2 heterocycles. The first-order valence-corrected chi connectivity index (χ1v) is 5.84. The van der Waals surface area contributed by atoms with Gasteiger partial charge in [-0.25, -0.2) is 4.98 Å². The van der Waals surface area contributed by atoms with Gasteiger partial charge in [0.05, 0.1) is 23.6 Å². The Morgan fingerprint density at radius 2 is 2.31 bits per heavy atom. The van der Waals surface area contributed by atoms with E-state index >= 15 is 0 Å². The lowest BCUT2D eigenvalue weighted by atomic mass is 10.2. The molecule has 4 nitrogen and oxygen atoms in total. The van der Waals surface area contributed by atoms with Crippen molar-refractivity contribution >= 4 is 21.6 Å². The van der Waals surface area contributed by atoms with Crippen LogP contribution in [0.2, 0.25) is 0 Å². The van der Waals surface area contributed by atoms with Gasteiger partial charge in [0.2, 0.25) is 0 Å². The third-order valence-corrected chi connectivity index (χ3v) is 3.22. The second-order valence-corrected chi connectivity index (χ2v) is 4.46. The van der Waals surface area contributed by atoms with Crippen LogP contribution in [0.15, 0.2) is 29.1 Å². The van der Waals surface area contributed by atoms with Gasteiger partial charge in [0, 0.05) is 6.20 Å². The lowest BCUT2D eigenvalue weighted by molar-refractivity contribution is 0.824. The Morgan fingerprint density at radius 3 is 2.94 bits per heavy atom. The third-order valence-electron chi connectivity index (χ3n) is 2.39. The van der Waals surface area contributed by atoms with E-state index in [9.17, 15) is 0 Å². The highest BCUT2D eigenvalue weighted by Crippen LogP contribution is 2.20. The molecule has 2 aromatic heterocycles. The SMILES string of the molecule is Cc1cc(NC(C)c2ccn[nH]2)cnc1Br. The molecule has 0 aliphatic heterocycles. The molecule has 0 spiro atoms. The summed E-state index contributed by atoms with van der Waals surface area (Å²) in [5, 5.41) is 10.2. The molecular weight excluding hydrogens is 268 g/mol. The van der Waals surface area contributed by atoms with Crippen LogP contribution in [0.5, 0.6) is 0 Å². The standard InChI is InChI=1S/C11H13BrN4/c1-7-5-9(6-13-11(7)12)15-8(2)10-3-4-14-16-10/h3-6,8,15H,1-2H3,(H,14,16). The molecule has 2 aromatic rings. The monoisotopic (exact) mass is 280 g/mol. The number of anilines is 1. The highest BCUT2D eigenvalue weighted by molar-refractivity contribution is 9.10. The maximum Gasteiger partial charge on any atom is 0.109 e. The predicted octanol–water partition coefficient (Wildman–Crippen LogP) is 3.05. The summed E-state index contributed by atoms with van der Waals surface area (Å²) in [5.41, 5.74) is 3.17. The Kier molecular flexibility index (Phi) is 3.24. The summed E-state index contributed by atoms with van der Waals surface area (Å²) in [4.78, 5) is 4.24. The molecule has 0 radical (unpaired) electrons. The second kappa shape index (κ2) is 4.65. The molecule has 2 N–H and O–H groups in total. The van der Waals surface area contributed by atoms with E-state index in [0.29, 0.717) is 0 Å². The van der Waals surface area contributed by atoms with Crippen molar-refractivity contribution in [2.75, 3.05) is 5.32 Å². The van der Waals surface area contributed by atoms with E-state index in [0.717, 1.165) is 21.5 Å². The molecular formula is C11H13BrN4. The van der Waals surface area contributed by atoms with Crippen LogP contribution in [-0.2, 0) is 0 Å². The Hall–Kier alpha value is -1.36. The number of aromatic amines is 1. The molecule has 0 saturated carbocycles. The maximum absolute atomic E-state index is 4.24. The van der Waals surface area contributed by atoms with E-state index in [1.165, 1.54) is 0 Å². The number of pyridine rings is 1. The number of nitrogens with one attached hydrogen (secondary N) is 2. The normalized spacial score (nSPS) is 12.4. The van der Waals surface area contributed by atoms with E-state index in [-0.39, 0.29) is 6.04 Å². The number of hydrogen-bond donors (Lipinski definition) is 2. The highest BCUT2D eigenvalue weighted by atomic mass is 79.9. The number of hydrogen-bond acceptors (Lipinski definition) is 3. The number of aryl methyl sites for hydroxylation is 1. The lowest BCUT2D eigenvalue weighted by Gasteiger charge is -2.13. The van der Waals surface area contributed by atoms with E-state index in [1.54, 1.807) is 6.20 Å². The van der Waals surface area contributed by atoms with Crippen molar-refractivity contribution in [3.05, 3.63) is 40.4 Å². The number of halogens is 1. The minimum atomic E-state index is 0.185. The average Bonchev–Trinajstić information content (AvgIpc) is 2.77. The highest BCUT2D eigenvalue weighted by Gasteiger charge is 2.07. The molecule has 0 aromatic carbocycles. The topological polar surface area (TPSA) is 53.6 Å². The van der Waals surface area contributed by atoms with Crippen LogP contribution in [0.25, 0.3) is 0 Å². The summed E-state index contributed by atoms with van der Waals surface area (Å²) in [5.74, 6) is 0. The van der Waals surface area contributed by atoms with E-state index in [1.807, 2.05) is 19.2 Å². The smallest absolute Gasteiger partial charge is 0.109 e. The maximum atomic E-state index is 4.24. The predicted molar refractivity (Wildman–Crippen MR) is 67.3 cm³/mol. The molecule has 0 bridgehead atoms. The zero-order chi connectivity index (χ0) is 11.5. The lowest BCUT2D eigenvalue weighted by Crippen LogP contribution is -2.07. The van der Waals surface area contributed by atoms with Crippen molar-refractivity contribution in [3.63, 3.8) is 0 Å². The van der Waals surface area contributed by atoms with Gasteiger partial charge in [0.25, 0.3) is 0 Å². The van der Waals surface area contributed by atoms with Crippen molar-refractivity contribution in [2.45, 2.75) is 19.9 Å². The van der Waals surface area contributed by atoms with Crippen molar-refractivity contribution in [3.8, 4) is 0 Å². The zero-order valence-electron chi connectivity index (χ0n) is 9.16. The number of H-pyrrole nitrogens is 1. The van der Waals surface area contributed by atoms with Crippen molar-refractivity contribution in [2.24, 2.45) is 0 Å². The zero-order valence-corrected chi connectivity index (χ0v) is 10.7. The molecule has 5 heteroatoms. The van der Waals surface area contributed by atoms with Crippen LogP contribution >= 0.6 is 15.9 Å². The fourth-order valence-electron chi connectivity index (χ4n) is 1.47. The van der Waals surface area contributed by atoms with Gasteiger partial charge in [-0.3, -0.25) is 5.10 Å². The van der Waals surface area contributed by atoms with Gasteiger partial charge in [-0.15, -0.1) is 0 Å². The van der Waals surface area contributed by atoms with E-state index in [4.69, 9.17) is 0 Å². The molecule has 0 aliphatic carbocycles. The summed E-state index contributed by atoms with van der Waals surface area (Å²) in [6, 6.07) is 4.20. The van der Waals surface area contributed by atoms with Crippen LogP contribution in [0.3, 0.4) is 0 Å². The Labute approximate surface area is 103 Å². The van der Waals surface area contributed by atoms with Gasteiger partial charge in [0.1, 0.15) is 4.60 Å². The summed E-state index contributed by atoms with van der Waals surface area (Å²) in [7, 11) is 0. The van der Waals surface area contributed by atoms with Gasteiger partial charge in [-0.05, 0) is 47.5 Å². The first kappa shape index (κ1) is 11.1. The van der Waals surface area contributed by atoms with Crippen LogP contribution in [0, 0.1) is 6.92 Å². The van der Waals surface area contributed by atoms with Crippen LogP contribution in [0.4, 0.5) is 5.69 Å². The summed E-state index contributed by atoms with van der Waals surface area (Å²) in [6.07, 6.45) is 3.56. The third kappa shape index (κ3) is 2.41. The summed E-state index contributed by atoms with van der Waals surface area (Å²) >= 11 is 3.38. The van der Waals surface area contributed by atoms with Crippen LogP contribution < -0.4 is 5.32 Å². The second-order valence-electron chi connectivity index (χ2n) is 3.71. The molecule has 0 amide bonds. The van der Waals surface area contributed by atoms with Gasteiger partial charge in [-0.2, -0.15) is 5.10 Å². The Morgan fingerprint density at radius 1 is 1.50 bits per heavy atom. The largest absolute Gasteiger partial charge is 0.376 e. The molecule has 2 rings (SSSR count). The molecule has 84 valence electrons. The number of aromatic nitrogens is 3. The molecule has 0 saturated heterocycles. The quantitative estimate of drug-likeness (QED) is 0.850. The number of rotatable bonds is 3. The fraction of sp³-hybridized carbons (Fsp3) is 0.273. The van der Waals surface area contributed by atoms with Crippen molar-refractivity contribution in [1.82, 2.24) is 15.2 Å². The first-order valence-electron chi connectivity index (χ1n) is 5.05. The van der Waals surface area contributed by atoms with Crippen molar-refractivity contribution in [1.29, 1.82) is 0 Å². The van der Waals surface area contributed by atoms with Crippen molar-refractivity contribution < 1.29 is 0 Å². The van der Waals surface area contributed by atoms with E-state index < -0.39 is 0 Å². The minimum Gasteiger partial charge on any atom is -0.376 e. The molecule has 1 unspecified atom stereocenters. The molecule has 0 fully saturated rings. The van der Waals surface area contributed by atoms with Gasteiger partial charge < -0.3 is 5.32 Å². The Balaban J connectivity index is 2.12. The Bertz CT molecular complexity index is 467. The molecule has 0 aliphatic rings. The van der Waals surface area contributed by atoms with Gasteiger partial charge in [-0.1, -0.05) is 0 Å². The summed E-state index contributed by atoms with van der Waals surface area (Å²) < 4.78 is 0.882. The average molecular weight is 281 g/mol. The summed E-state index contributed by atoms with van der Waals surface area (Å²) in [6.45, 7) is 4.09. The van der Waals surface area contributed by atoms with E-state index in [2.05, 4.69) is 49.4 Å². The minimum absolute atomic E-state index is 0.185. The van der Waals surface area contributed by atoms with Crippen LogP contribution in [0.1, 0.15) is 24.2 Å². The molecule has 1 atom stereocenters.